The van der Waals surface area contributed by atoms with Crippen molar-refractivity contribution < 1.29 is 14.9 Å². The van der Waals surface area contributed by atoms with Gasteiger partial charge in [0.15, 0.2) is 11.5 Å². The molecule has 4 N–H and O–H groups in total. The molecule has 0 aliphatic heterocycles. The molecule has 0 heterocycles. The van der Waals surface area contributed by atoms with E-state index in [2.05, 4.69) is 15.9 Å². The second kappa shape index (κ2) is 7.47. The van der Waals surface area contributed by atoms with Crippen molar-refractivity contribution in [2.75, 3.05) is 6.61 Å². The predicted octanol–water partition coefficient (Wildman–Crippen LogP) is 3.49. The predicted molar refractivity (Wildman–Crippen MR) is 86.5 cm³/mol. The zero-order chi connectivity index (χ0) is 15.4. The van der Waals surface area contributed by atoms with Crippen LogP contribution in [-0.2, 0) is 0 Å². The molecule has 0 radical (unpaired) electrons. The van der Waals surface area contributed by atoms with Gasteiger partial charge in [-0.2, -0.15) is 0 Å². The molecule has 0 amide bonds. The minimum Gasteiger partial charge on any atom is -0.503 e. The number of aromatic hydroxyl groups is 1. The molecule has 21 heavy (non-hydrogen) atoms. The third-order valence-electron chi connectivity index (χ3n) is 4.24. The zero-order valence-electron chi connectivity index (χ0n) is 12.4. The van der Waals surface area contributed by atoms with Crippen LogP contribution in [0.25, 0.3) is 0 Å². The molecule has 1 fully saturated rings. The number of aliphatic hydroxyl groups is 1. The number of rotatable bonds is 5. The molecule has 1 aromatic carbocycles. The standard InChI is InChI=1S/C16H24BrNO3/c1-2-21-13-9-11(8-12(17)16(13)20)14(18)15(19)10-6-4-3-5-7-10/h8-10,14-15,19-20H,2-7,18H2,1H3/t14-,15+/m1/s1. The van der Waals surface area contributed by atoms with E-state index in [1.165, 1.54) is 6.42 Å². The first kappa shape index (κ1) is 16.6. The summed E-state index contributed by atoms with van der Waals surface area (Å²) in [6.07, 6.45) is 5.09. The Kier molecular flexibility index (Phi) is 5.90. The largest absolute Gasteiger partial charge is 0.503 e. The lowest BCUT2D eigenvalue weighted by Crippen LogP contribution is -2.34. The van der Waals surface area contributed by atoms with Crippen LogP contribution < -0.4 is 10.5 Å². The molecule has 2 rings (SSSR count). The van der Waals surface area contributed by atoms with E-state index in [4.69, 9.17) is 10.5 Å². The number of phenolic OH excluding ortho intramolecular Hbond substituents is 1. The average molecular weight is 358 g/mol. The maximum atomic E-state index is 10.5. The summed E-state index contributed by atoms with van der Waals surface area (Å²) in [4.78, 5) is 0. The molecule has 5 heteroatoms. The monoisotopic (exact) mass is 357 g/mol. The second-order valence-corrected chi connectivity index (χ2v) is 6.55. The molecule has 2 atom stereocenters. The highest BCUT2D eigenvalue weighted by Gasteiger charge is 2.28. The van der Waals surface area contributed by atoms with Gasteiger partial charge in [-0.1, -0.05) is 19.3 Å². The van der Waals surface area contributed by atoms with E-state index >= 15 is 0 Å². The van der Waals surface area contributed by atoms with Gasteiger partial charge in [-0.15, -0.1) is 0 Å². The first-order chi connectivity index (χ1) is 10.0. The summed E-state index contributed by atoms with van der Waals surface area (Å²) in [5.41, 5.74) is 7.02. The normalized spacial score (nSPS) is 19.2. The van der Waals surface area contributed by atoms with Crippen LogP contribution in [0.15, 0.2) is 16.6 Å². The van der Waals surface area contributed by atoms with Gasteiger partial charge in [-0.3, -0.25) is 0 Å². The van der Waals surface area contributed by atoms with Crippen molar-refractivity contribution in [2.45, 2.75) is 51.2 Å². The molecule has 1 aliphatic carbocycles. The summed E-state index contributed by atoms with van der Waals surface area (Å²) >= 11 is 3.31. The van der Waals surface area contributed by atoms with Gasteiger partial charge in [0, 0.05) is 0 Å². The van der Waals surface area contributed by atoms with Crippen LogP contribution in [0.3, 0.4) is 0 Å². The molecule has 0 unspecified atom stereocenters. The summed E-state index contributed by atoms with van der Waals surface area (Å²) in [5.74, 6) is 0.727. The maximum Gasteiger partial charge on any atom is 0.172 e. The van der Waals surface area contributed by atoms with Crippen molar-refractivity contribution in [2.24, 2.45) is 11.7 Å². The molecule has 0 spiro atoms. The minimum absolute atomic E-state index is 0.0694. The van der Waals surface area contributed by atoms with Crippen LogP contribution in [-0.4, -0.2) is 22.9 Å². The summed E-state index contributed by atoms with van der Waals surface area (Å²) < 4.78 is 5.95. The van der Waals surface area contributed by atoms with E-state index in [1.54, 1.807) is 12.1 Å². The Morgan fingerprint density at radius 1 is 1.33 bits per heavy atom. The van der Waals surface area contributed by atoms with Gasteiger partial charge in [-0.25, -0.2) is 0 Å². The number of hydrogen-bond acceptors (Lipinski definition) is 4. The fourth-order valence-electron chi connectivity index (χ4n) is 3.02. The lowest BCUT2D eigenvalue weighted by molar-refractivity contribution is 0.0617. The molecule has 118 valence electrons. The van der Waals surface area contributed by atoms with Gasteiger partial charge in [0.2, 0.25) is 0 Å². The van der Waals surface area contributed by atoms with Crippen molar-refractivity contribution in [1.29, 1.82) is 0 Å². The molecule has 0 bridgehead atoms. The highest BCUT2D eigenvalue weighted by molar-refractivity contribution is 9.10. The molecular formula is C16H24BrNO3. The number of benzene rings is 1. The summed E-state index contributed by atoms with van der Waals surface area (Å²) in [7, 11) is 0. The Morgan fingerprint density at radius 3 is 2.62 bits per heavy atom. The number of nitrogens with two attached hydrogens (primary N) is 1. The lowest BCUT2D eigenvalue weighted by atomic mass is 9.81. The molecule has 0 saturated heterocycles. The van der Waals surface area contributed by atoms with Gasteiger partial charge < -0.3 is 20.7 Å². The van der Waals surface area contributed by atoms with Crippen molar-refractivity contribution in [3.8, 4) is 11.5 Å². The summed E-state index contributed by atoms with van der Waals surface area (Å²) in [6, 6.07) is 3.01. The van der Waals surface area contributed by atoms with Gasteiger partial charge in [-0.05, 0) is 59.3 Å². The Balaban J connectivity index is 2.19. The highest BCUT2D eigenvalue weighted by Crippen LogP contribution is 2.39. The summed E-state index contributed by atoms with van der Waals surface area (Å²) in [5, 5.41) is 20.5. The van der Waals surface area contributed by atoms with Crippen LogP contribution in [0.4, 0.5) is 0 Å². The number of hydrogen-bond donors (Lipinski definition) is 3. The van der Waals surface area contributed by atoms with E-state index in [9.17, 15) is 10.2 Å². The fourth-order valence-corrected chi connectivity index (χ4v) is 3.48. The Bertz CT molecular complexity index is 475. The lowest BCUT2D eigenvalue weighted by Gasteiger charge is -2.30. The third kappa shape index (κ3) is 3.90. The zero-order valence-corrected chi connectivity index (χ0v) is 14.0. The number of ether oxygens (including phenoxy) is 1. The Hall–Kier alpha value is -0.780. The smallest absolute Gasteiger partial charge is 0.172 e. The fraction of sp³-hybridized carbons (Fsp3) is 0.625. The summed E-state index contributed by atoms with van der Waals surface area (Å²) in [6.45, 7) is 2.32. The van der Waals surface area contributed by atoms with Gasteiger partial charge in [0.05, 0.1) is 23.2 Å². The number of aliphatic hydroxyl groups excluding tert-OH is 1. The topological polar surface area (TPSA) is 75.7 Å². The van der Waals surface area contributed by atoms with Gasteiger partial charge >= 0.3 is 0 Å². The number of halogens is 1. The van der Waals surface area contributed by atoms with Crippen molar-refractivity contribution in [3.63, 3.8) is 0 Å². The van der Waals surface area contributed by atoms with Gasteiger partial charge in [0.1, 0.15) is 0 Å². The Labute approximate surface area is 134 Å². The minimum atomic E-state index is -0.559. The van der Waals surface area contributed by atoms with Crippen LogP contribution in [0.2, 0.25) is 0 Å². The van der Waals surface area contributed by atoms with Crippen LogP contribution in [0, 0.1) is 5.92 Å². The van der Waals surface area contributed by atoms with Crippen molar-refractivity contribution in [1.82, 2.24) is 0 Å². The highest BCUT2D eigenvalue weighted by atomic mass is 79.9. The van der Waals surface area contributed by atoms with Gasteiger partial charge in [0.25, 0.3) is 0 Å². The average Bonchev–Trinajstić information content (AvgIpc) is 2.51. The van der Waals surface area contributed by atoms with E-state index < -0.39 is 12.1 Å². The Morgan fingerprint density at radius 2 is 2.00 bits per heavy atom. The van der Waals surface area contributed by atoms with E-state index in [-0.39, 0.29) is 11.7 Å². The molecule has 1 aliphatic rings. The van der Waals surface area contributed by atoms with Crippen molar-refractivity contribution in [3.05, 3.63) is 22.2 Å². The molecular weight excluding hydrogens is 334 g/mol. The second-order valence-electron chi connectivity index (χ2n) is 5.70. The first-order valence-corrected chi connectivity index (χ1v) is 8.42. The number of phenols is 1. The van der Waals surface area contributed by atoms with Crippen molar-refractivity contribution >= 4 is 15.9 Å². The van der Waals surface area contributed by atoms with Crippen LogP contribution in [0.1, 0.15) is 50.6 Å². The molecule has 1 saturated carbocycles. The van der Waals surface area contributed by atoms with E-state index in [0.717, 1.165) is 31.2 Å². The third-order valence-corrected chi connectivity index (χ3v) is 4.84. The maximum absolute atomic E-state index is 10.5. The van der Waals surface area contributed by atoms with E-state index in [1.807, 2.05) is 6.92 Å². The van der Waals surface area contributed by atoms with Crippen LogP contribution >= 0.6 is 15.9 Å². The molecule has 1 aromatic rings. The first-order valence-electron chi connectivity index (χ1n) is 7.63. The SMILES string of the molecule is CCOc1cc([C@@H](N)[C@@H](O)C2CCCCC2)cc(Br)c1O. The van der Waals surface area contributed by atoms with E-state index in [0.29, 0.717) is 16.8 Å². The molecule has 4 nitrogen and oxygen atoms in total. The van der Waals surface area contributed by atoms with Crippen LogP contribution in [0.5, 0.6) is 11.5 Å². The quantitative estimate of drug-likeness (QED) is 0.753. The molecule has 0 aromatic heterocycles.